The van der Waals surface area contributed by atoms with E-state index in [9.17, 15) is 9.90 Å². The van der Waals surface area contributed by atoms with Gasteiger partial charge in [-0.1, -0.05) is 72.3 Å². The topological polar surface area (TPSA) is 58.4 Å². The van der Waals surface area contributed by atoms with Crippen LogP contribution in [0.25, 0.3) is 0 Å². The third kappa shape index (κ3) is 4.76. The quantitative estimate of drug-likeness (QED) is 0.677. The van der Waals surface area contributed by atoms with Crippen molar-refractivity contribution in [1.82, 2.24) is 9.78 Å². The van der Waals surface area contributed by atoms with E-state index in [4.69, 9.17) is 11.6 Å². The number of anilines is 1. The predicted octanol–water partition coefficient (Wildman–Crippen LogP) is 3.56. The van der Waals surface area contributed by atoms with Crippen molar-refractivity contribution in [1.29, 1.82) is 0 Å². The van der Waals surface area contributed by atoms with Crippen LogP contribution < -0.4 is 10.5 Å². The normalized spacial score (nSPS) is 12.0. The molecule has 0 amide bonds. The largest absolute Gasteiger partial charge is 0.388 e. The van der Waals surface area contributed by atoms with Crippen molar-refractivity contribution in [3.05, 3.63) is 93.4 Å². The minimum absolute atomic E-state index is 0.257. The Labute approximate surface area is 163 Å². The summed E-state index contributed by atoms with van der Waals surface area (Å²) >= 11 is 6.31. The van der Waals surface area contributed by atoms with E-state index in [2.05, 4.69) is 5.10 Å². The molecular weight excluding hydrogens is 362 g/mol. The fourth-order valence-electron chi connectivity index (χ4n) is 2.99. The van der Waals surface area contributed by atoms with Crippen LogP contribution in [-0.4, -0.2) is 21.4 Å². The molecule has 6 heteroatoms. The lowest BCUT2D eigenvalue weighted by atomic mass is 10.1. The number of rotatable bonds is 7. The zero-order chi connectivity index (χ0) is 19.2. The molecule has 0 radical (unpaired) electrons. The summed E-state index contributed by atoms with van der Waals surface area (Å²) in [5, 5.41) is 14.8. The van der Waals surface area contributed by atoms with Crippen LogP contribution >= 0.6 is 11.6 Å². The number of aliphatic hydroxyl groups excluding tert-OH is 1. The highest BCUT2D eigenvalue weighted by molar-refractivity contribution is 6.33. The van der Waals surface area contributed by atoms with E-state index in [0.717, 1.165) is 11.1 Å². The predicted molar refractivity (Wildman–Crippen MR) is 108 cm³/mol. The van der Waals surface area contributed by atoms with Crippen LogP contribution in [0.5, 0.6) is 0 Å². The Kier molecular flexibility index (Phi) is 6.27. The minimum Gasteiger partial charge on any atom is -0.388 e. The maximum absolute atomic E-state index is 12.6. The van der Waals surface area contributed by atoms with Gasteiger partial charge in [0.15, 0.2) is 0 Å². The highest BCUT2D eigenvalue weighted by Gasteiger charge is 2.19. The fourth-order valence-corrected chi connectivity index (χ4v) is 3.23. The van der Waals surface area contributed by atoms with Gasteiger partial charge in [0, 0.05) is 20.1 Å². The van der Waals surface area contributed by atoms with E-state index in [1.807, 2.05) is 65.6 Å². The molecule has 1 aromatic heterocycles. The molecule has 0 saturated heterocycles. The van der Waals surface area contributed by atoms with E-state index < -0.39 is 6.10 Å². The lowest BCUT2D eigenvalue weighted by Gasteiger charge is -2.26. The molecule has 140 valence electrons. The summed E-state index contributed by atoms with van der Waals surface area (Å²) in [4.78, 5) is 14.6. The van der Waals surface area contributed by atoms with Crippen LogP contribution in [-0.2, 0) is 13.6 Å². The first-order valence-electron chi connectivity index (χ1n) is 8.80. The first-order chi connectivity index (χ1) is 13.1. The van der Waals surface area contributed by atoms with Gasteiger partial charge in [-0.15, -0.1) is 0 Å². The number of nitrogens with zero attached hydrogens (tertiary/aromatic N) is 3. The number of hydrogen-bond donors (Lipinski definition) is 1. The van der Waals surface area contributed by atoms with Gasteiger partial charge in [-0.05, 0) is 17.5 Å². The Hall–Kier alpha value is -2.63. The van der Waals surface area contributed by atoms with Crippen molar-refractivity contribution in [3.8, 4) is 0 Å². The first kappa shape index (κ1) is 19.1. The number of hydrogen-bond acceptors (Lipinski definition) is 4. The van der Waals surface area contributed by atoms with Gasteiger partial charge in [0.2, 0.25) is 0 Å². The van der Waals surface area contributed by atoms with Crippen LogP contribution in [0, 0.1) is 0 Å². The smallest absolute Gasteiger partial charge is 0.291 e. The molecule has 2 aromatic carbocycles. The molecule has 0 aliphatic heterocycles. The third-order valence-corrected chi connectivity index (χ3v) is 4.73. The van der Waals surface area contributed by atoms with Gasteiger partial charge in [0.1, 0.15) is 5.69 Å². The molecule has 1 heterocycles. The number of halogens is 1. The fraction of sp³-hybridized carbons (Fsp3) is 0.238. The van der Waals surface area contributed by atoms with Crippen molar-refractivity contribution in [2.24, 2.45) is 7.05 Å². The van der Waals surface area contributed by atoms with E-state index >= 15 is 0 Å². The summed E-state index contributed by atoms with van der Waals surface area (Å²) in [6, 6.07) is 19.4. The molecule has 1 N–H and O–H groups in total. The Morgan fingerprint density at radius 3 is 2.41 bits per heavy atom. The molecule has 1 unspecified atom stereocenters. The Balaban J connectivity index is 1.87. The van der Waals surface area contributed by atoms with Gasteiger partial charge in [-0.2, -0.15) is 5.10 Å². The van der Waals surface area contributed by atoms with Gasteiger partial charge in [0.05, 0.1) is 17.3 Å². The maximum atomic E-state index is 12.6. The lowest BCUT2D eigenvalue weighted by molar-refractivity contribution is 0.169. The summed E-state index contributed by atoms with van der Waals surface area (Å²) < 4.78 is 1.27. The molecule has 0 saturated carbocycles. The second-order valence-corrected chi connectivity index (χ2v) is 6.80. The van der Waals surface area contributed by atoms with Gasteiger partial charge < -0.3 is 10.0 Å². The van der Waals surface area contributed by atoms with Crippen LogP contribution in [0.4, 0.5) is 5.69 Å². The van der Waals surface area contributed by atoms with E-state index in [-0.39, 0.29) is 5.56 Å². The Bertz CT molecular complexity index is 929. The molecule has 3 rings (SSSR count). The monoisotopic (exact) mass is 383 g/mol. The van der Waals surface area contributed by atoms with E-state index in [1.165, 1.54) is 10.9 Å². The van der Waals surface area contributed by atoms with Crippen molar-refractivity contribution in [2.45, 2.75) is 19.1 Å². The minimum atomic E-state index is -0.617. The molecule has 3 aromatic rings. The molecule has 0 aliphatic carbocycles. The van der Waals surface area contributed by atoms with E-state index in [1.54, 1.807) is 7.05 Å². The van der Waals surface area contributed by atoms with Crippen molar-refractivity contribution in [2.75, 3.05) is 11.4 Å². The molecule has 0 fully saturated rings. The second kappa shape index (κ2) is 8.84. The molecule has 0 bridgehead atoms. The molecule has 5 nitrogen and oxygen atoms in total. The average molecular weight is 384 g/mol. The molecule has 0 spiro atoms. The summed E-state index contributed by atoms with van der Waals surface area (Å²) in [5.41, 5.74) is 2.05. The van der Waals surface area contributed by atoms with Crippen molar-refractivity contribution in [3.63, 3.8) is 0 Å². The van der Waals surface area contributed by atoms with Gasteiger partial charge in [-0.25, -0.2) is 4.68 Å². The summed E-state index contributed by atoms with van der Waals surface area (Å²) in [6.45, 7) is 0.991. The molecular formula is C21H22ClN3O2. The van der Waals surface area contributed by atoms with Gasteiger partial charge >= 0.3 is 0 Å². The summed E-state index contributed by atoms with van der Waals surface area (Å²) in [6.07, 6.45) is 1.33. The Morgan fingerprint density at radius 2 is 1.74 bits per heavy atom. The zero-order valence-electron chi connectivity index (χ0n) is 15.1. The number of benzene rings is 2. The first-order valence-corrected chi connectivity index (χ1v) is 9.17. The average Bonchev–Trinajstić information content (AvgIpc) is 2.70. The van der Waals surface area contributed by atoms with Crippen LogP contribution in [0.2, 0.25) is 5.02 Å². The SMILES string of the molecule is Cn1ncc(Cl)c(N(CCC(O)c2ccccc2)Cc2ccccc2)c1=O. The Morgan fingerprint density at radius 1 is 1.11 bits per heavy atom. The number of aromatic nitrogens is 2. The zero-order valence-corrected chi connectivity index (χ0v) is 15.9. The maximum Gasteiger partial charge on any atom is 0.291 e. The molecule has 27 heavy (non-hydrogen) atoms. The third-order valence-electron chi connectivity index (χ3n) is 4.46. The number of aliphatic hydroxyl groups is 1. The van der Waals surface area contributed by atoms with E-state index in [0.29, 0.717) is 30.2 Å². The lowest BCUT2D eigenvalue weighted by Crippen LogP contribution is -2.33. The summed E-state index contributed by atoms with van der Waals surface area (Å²) in [7, 11) is 1.60. The van der Waals surface area contributed by atoms with Crippen LogP contribution in [0.3, 0.4) is 0 Å². The van der Waals surface area contributed by atoms with Crippen LogP contribution in [0.1, 0.15) is 23.7 Å². The standard InChI is InChI=1S/C21H22ClN3O2/c1-24-21(27)20(18(22)14-23-24)25(15-16-8-4-2-5-9-16)13-12-19(26)17-10-6-3-7-11-17/h2-11,14,19,26H,12-13,15H2,1H3. The molecule has 0 aliphatic rings. The van der Waals surface area contributed by atoms with Crippen LogP contribution in [0.15, 0.2) is 71.7 Å². The molecule has 1 atom stereocenters. The summed E-state index contributed by atoms with van der Waals surface area (Å²) in [5.74, 6) is 0. The van der Waals surface area contributed by atoms with Crippen molar-refractivity contribution < 1.29 is 5.11 Å². The van der Waals surface area contributed by atoms with Gasteiger partial charge in [0.25, 0.3) is 5.56 Å². The highest BCUT2D eigenvalue weighted by Crippen LogP contribution is 2.24. The highest BCUT2D eigenvalue weighted by atomic mass is 35.5. The number of aryl methyl sites for hydroxylation is 1. The van der Waals surface area contributed by atoms with Crippen molar-refractivity contribution >= 4 is 17.3 Å². The second-order valence-electron chi connectivity index (χ2n) is 6.39. The van der Waals surface area contributed by atoms with Gasteiger partial charge in [-0.3, -0.25) is 4.79 Å².